The number of nitrogens with zero attached hydrogens (tertiary/aromatic N) is 3. The van der Waals surface area contributed by atoms with E-state index in [4.69, 9.17) is 9.57 Å². The maximum absolute atomic E-state index is 14.4. The lowest BCUT2D eigenvalue weighted by Gasteiger charge is -2.36. The van der Waals surface area contributed by atoms with Gasteiger partial charge in [-0.1, -0.05) is 69.4 Å². The summed E-state index contributed by atoms with van der Waals surface area (Å²) in [5, 5.41) is 41.0. The molecule has 0 spiro atoms. The van der Waals surface area contributed by atoms with Crippen molar-refractivity contribution in [2.45, 2.75) is 123 Å². The van der Waals surface area contributed by atoms with Crippen molar-refractivity contribution in [2.75, 3.05) is 6.54 Å². The summed E-state index contributed by atoms with van der Waals surface area (Å²) >= 11 is 0. The van der Waals surface area contributed by atoms with Gasteiger partial charge in [0.05, 0.1) is 24.7 Å². The molecule has 0 radical (unpaired) electrons. The van der Waals surface area contributed by atoms with Gasteiger partial charge in [0.1, 0.15) is 42.4 Å². The fraction of sp³-hybridized carbons (Fsp3) is 0.479. The van der Waals surface area contributed by atoms with Crippen molar-refractivity contribution < 1.29 is 53.7 Å². The molecular weight excluding hydrogens is 837 g/mol. The summed E-state index contributed by atoms with van der Waals surface area (Å²) in [6.07, 6.45) is 11.5. The maximum Gasteiger partial charge on any atom is 0.325 e. The molecule has 4 amide bonds. The second-order valence-electron chi connectivity index (χ2n) is 17.2. The van der Waals surface area contributed by atoms with Crippen LogP contribution in [-0.4, -0.2) is 109 Å². The van der Waals surface area contributed by atoms with Crippen molar-refractivity contribution in [3.05, 3.63) is 108 Å². The average Bonchev–Trinajstić information content (AvgIpc) is 3.28. The fourth-order valence-corrected chi connectivity index (χ4v) is 7.75. The summed E-state index contributed by atoms with van der Waals surface area (Å²) in [5.74, 6) is -5.86. The van der Waals surface area contributed by atoms with Crippen LogP contribution in [0.3, 0.4) is 0 Å². The van der Waals surface area contributed by atoms with Gasteiger partial charge in [-0.2, -0.15) is 0 Å². The highest BCUT2D eigenvalue weighted by molar-refractivity contribution is 5.93. The highest BCUT2D eigenvalue weighted by Crippen LogP contribution is 2.25. The van der Waals surface area contributed by atoms with Crippen LogP contribution in [0, 0.1) is 17.8 Å². The van der Waals surface area contributed by atoms with Crippen molar-refractivity contribution >= 4 is 35.4 Å². The number of hydrazine groups is 1. The van der Waals surface area contributed by atoms with Crippen LogP contribution in [0.4, 0.5) is 0 Å². The summed E-state index contributed by atoms with van der Waals surface area (Å²) < 4.78 is 6.08. The second-order valence-corrected chi connectivity index (χ2v) is 17.2. The number of ketones is 1. The van der Waals surface area contributed by atoms with Gasteiger partial charge >= 0.3 is 5.97 Å². The molecule has 1 fully saturated rings. The Morgan fingerprint density at radius 1 is 1.03 bits per heavy atom. The molecule has 1 aromatic carbocycles. The molecular formula is C48H62N6O11. The van der Waals surface area contributed by atoms with Crippen LogP contribution >= 0.6 is 0 Å². The molecule has 3 aliphatic rings. The highest BCUT2D eigenvalue weighted by Gasteiger charge is 2.39. The first kappa shape index (κ1) is 50.0. The third-order valence-corrected chi connectivity index (χ3v) is 11.8. The van der Waals surface area contributed by atoms with Gasteiger partial charge < -0.3 is 35.5 Å². The molecule has 350 valence electrons. The number of esters is 1. The molecule has 6 N–H and O–H groups in total. The van der Waals surface area contributed by atoms with Crippen LogP contribution in [0.25, 0.3) is 0 Å². The number of nitrogens with one attached hydrogen (secondary N) is 3. The molecule has 0 saturated carbocycles. The Labute approximate surface area is 379 Å². The molecule has 1 aromatic heterocycles. The molecule has 2 bridgehead atoms. The SMILES string of the molecule is CC(=O)CC[C@H]1C(=O)N[C@@H](C(C)C)C(=O)N[C@@H](Cc2cccc(O)c2)C(=O)N2CCCC(N2)C(=O)O[C@H](/C(C)=C/C=C/C(=O)N2Cc3ccncc3CO2)C/C=C/C=C/[C@H](O)[C@H](C)[C@H]1O. The molecule has 4 heterocycles. The maximum atomic E-state index is 14.4. The number of benzene rings is 1. The number of allylic oxidation sites excluding steroid dienone is 4. The summed E-state index contributed by atoms with van der Waals surface area (Å²) in [6.45, 7) is 8.73. The number of ether oxygens (including phenoxy) is 1. The molecule has 3 aliphatic heterocycles. The van der Waals surface area contributed by atoms with Crippen LogP contribution in [0.5, 0.6) is 5.75 Å². The van der Waals surface area contributed by atoms with E-state index in [2.05, 4.69) is 21.0 Å². The first-order chi connectivity index (χ1) is 31.0. The Kier molecular flexibility index (Phi) is 18.3. The van der Waals surface area contributed by atoms with Crippen molar-refractivity contribution in [1.82, 2.24) is 31.1 Å². The molecule has 17 heteroatoms. The van der Waals surface area contributed by atoms with E-state index < -0.39 is 77.9 Å². The number of phenolic OH excluding ortho intramolecular Hbond substituents is 1. The first-order valence-corrected chi connectivity index (χ1v) is 22.1. The Hall–Kier alpha value is -6.01. The predicted octanol–water partition coefficient (Wildman–Crippen LogP) is 3.20. The summed E-state index contributed by atoms with van der Waals surface area (Å²) in [5.41, 5.74) is 5.94. The quantitative estimate of drug-likeness (QED) is 0.121. The number of fused-ring (bicyclic) bond motifs is 3. The number of aliphatic hydroxyl groups excluding tert-OH is 2. The Morgan fingerprint density at radius 3 is 2.55 bits per heavy atom. The van der Waals surface area contributed by atoms with Gasteiger partial charge in [-0.15, -0.1) is 0 Å². The smallest absolute Gasteiger partial charge is 0.325 e. The van der Waals surface area contributed by atoms with E-state index >= 15 is 0 Å². The van der Waals surface area contributed by atoms with E-state index in [1.165, 1.54) is 41.3 Å². The largest absolute Gasteiger partial charge is 0.508 e. The lowest BCUT2D eigenvalue weighted by atomic mass is 9.84. The number of Topliss-reactive ketones (excluding diaryl/α,β-unsaturated/α-hetero) is 1. The number of pyridine rings is 1. The number of carbonyl (C=O) groups is 6. The normalized spacial score (nSPS) is 27.7. The van der Waals surface area contributed by atoms with E-state index in [0.717, 1.165) is 11.1 Å². The number of amides is 4. The van der Waals surface area contributed by atoms with E-state index in [-0.39, 0.29) is 62.8 Å². The third kappa shape index (κ3) is 14.2. The molecule has 0 aliphatic carbocycles. The number of phenols is 1. The van der Waals surface area contributed by atoms with Crippen molar-refractivity contribution in [2.24, 2.45) is 17.8 Å². The number of aliphatic hydroxyl groups is 2. The van der Waals surface area contributed by atoms with Gasteiger partial charge in [-0.25, -0.2) is 10.5 Å². The zero-order chi connectivity index (χ0) is 47.2. The predicted molar refractivity (Wildman–Crippen MR) is 238 cm³/mol. The third-order valence-electron chi connectivity index (χ3n) is 11.8. The second kappa shape index (κ2) is 23.8. The lowest BCUT2D eigenvalue weighted by Crippen LogP contribution is -2.62. The van der Waals surface area contributed by atoms with Gasteiger partial charge in [0, 0.05) is 55.8 Å². The average molecular weight is 899 g/mol. The summed E-state index contributed by atoms with van der Waals surface area (Å²) in [4.78, 5) is 91.3. The van der Waals surface area contributed by atoms with Gasteiger partial charge in [0.15, 0.2) is 0 Å². The van der Waals surface area contributed by atoms with E-state index in [1.807, 2.05) is 6.07 Å². The summed E-state index contributed by atoms with van der Waals surface area (Å²) in [7, 11) is 0. The molecule has 65 heavy (non-hydrogen) atoms. The van der Waals surface area contributed by atoms with Crippen LogP contribution < -0.4 is 16.1 Å². The number of rotatable bonds is 9. The van der Waals surface area contributed by atoms with Crippen LogP contribution in [0.15, 0.2) is 90.8 Å². The number of cyclic esters (lactones) is 1. The monoisotopic (exact) mass is 898 g/mol. The number of hydrogen-bond donors (Lipinski definition) is 6. The molecule has 1 saturated heterocycles. The van der Waals surface area contributed by atoms with Crippen LogP contribution in [0.2, 0.25) is 0 Å². The zero-order valence-corrected chi connectivity index (χ0v) is 37.6. The van der Waals surface area contributed by atoms with Crippen molar-refractivity contribution in [3.8, 4) is 5.75 Å². The minimum absolute atomic E-state index is 0.0366. The lowest BCUT2D eigenvalue weighted by molar-refractivity contribution is -0.195. The minimum atomic E-state index is -1.43. The molecule has 2 aromatic rings. The highest BCUT2D eigenvalue weighted by atomic mass is 16.7. The minimum Gasteiger partial charge on any atom is -0.508 e. The zero-order valence-electron chi connectivity index (χ0n) is 37.6. The molecule has 5 rings (SSSR count). The number of hydroxylamine groups is 2. The molecule has 8 atom stereocenters. The molecule has 17 nitrogen and oxygen atoms in total. The molecule has 1 unspecified atom stereocenters. The fourth-order valence-electron chi connectivity index (χ4n) is 7.75. The van der Waals surface area contributed by atoms with E-state index in [1.54, 1.807) is 82.6 Å². The van der Waals surface area contributed by atoms with Crippen LogP contribution in [0.1, 0.15) is 83.4 Å². The van der Waals surface area contributed by atoms with Crippen molar-refractivity contribution in [1.29, 1.82) is 0 Å². The first-order valence-electron chi connectivity index (χ1n) is 22.1. The van der Waals surface area contributed by atoms with Crippen molar-refractivity contribution in [3.63, 3.8) is 0 Å². The number of carbonyl (C=O) groups excluding carboxylic acids is 6. The Morgan fingerprint density at radius 2 is 1.82 bits per heavy atom. The van der Waals surface area contributed by atoms with Gasteiger partial charge in [-0.05, 0) is 73.9 Å². The number of aromatic hydroxyl groups is 1. The van der Waals surface area contributed by atoms with E-state index in [0.29, 0.717) is 24.0 Å². The Bertz CT molecular complexity index is 2150. The number of aromatic nitrogens is 1. The van der Waals surface area contributed by atoms with Gasteiger partial charge in [0.25, 0.3) is 11.8 Å². The number of hydrogen-bond acceptors (Lipinski definition) is 13. The van der Waals surface area contributed by atoms with Gasteiger partial charge in [-0.3, -0.25) is 38.8 Å². The standard InChI is InChI=1S/C48H62N6O11/c1-29(2)43-46(61)50-39(25-33-13-10-14-36(56)24-33)47(62)53-23-11-15-38(52-53)48(63)65-41(30(3)12-9-18-42(58)54-27-34-21-22-49-26-35(34)28-64-54)17-8-6-7-16-40(57)32(5)44(59)37(45(60)51-43)20-19-31(4)55/h6-10,12-14,16,18,21-22,24,26,29,32,37-41,43-44,52,56-57,59H,11,15,17,19-20,23,25,27-28H2,1-5H3,(H,50,61)(H,51,60)/b8-6+,16-7+,18-9+,30-12+/t32-,37+,38?,39-,40-,41-,43-,44+/m0/s1. The van der Waals surface area contributed by atoms with Crippen LogP contribution in [-0.2, 0) is 57.9 Å². The van der Waals surface area contributed by atoms with E-state index in [9.17, 15) is 44.1 Å². The topological polar surface area (TPSA) is 237 Å². The van der Waals surface area contributed by atoms with Gasteiger partial charge in [0.2, 0.25) is 11.8 Å². The Balaban J connectivity index is 1.45. The summed E-state index contributed by atoms with van der Waals surface area (Å²) in [6, 6.07) is 4.68.